The molecule has 0 radical (unpaired) electrons. The molecule has 1 nitrogen and oxygen atoms in total. The Bertz CT molecular complexity index is 749. The predicted molar refractivity (Wildman–Crippen MR) is 82.1 cm³/mol. The maximum Gasteiger partial charge on any atom is 0.131 e. The van der Waals surface area contributed by atoms with Crippen molar-refractivity contribution in [3.8, 4) is 11.1 Å². The van der Waals surface area contributed by atoms with Crippen LogP contribution in [0.25, 0.3) is 21.9 Å². The van der Waals surface area contributed by atoms with Gasteiger partial charge in [-0.15, -0.1) is 0 Å². The summed E-state index contributed by atoms with van der Waals surface area (Å²) in [5.74, 6) is -0.171. The summed E-state index contributed by atoms with van der Waals surface area (Å²) in [5, 5.41) is 4.80. The van der Waals surface area contributed by atoms with Crippen molar-refractivity contribution >= 4 is 10.8 Å². The normalized spacial score (nSPS) is 10.9. The first-order valence-corrected chi connectivity index (χ1v) is 6.71. The highest BCUT2D eigenvalue weighted by Crippen LogP contribution is 2.32. The number of nitrogens with one attached hydrogen (secondary N) is 1. The fraction of sp³-hybridized carbons (Fsp3) is 0.111. The molecule has 1 N–H and O–H groups in total. The third kappa shape index (κ3) is 2.19. The minimum absolute atomic E-state index is 0.171. The molecule has 3 rings (SSSR count). The molecule has 100 valence electrons. The van der Waals surface area contributed by atoms with Gasteiger partial charge in [-0.1, -0.05) is 54.6 Å². The van der Waals surface area contributed by atoms with E-state index in [2.05, 4.69) is 17.4 Å². The van der Waals surface area contributed by atoms with Crippen molar-refractivity contribution in [3.05, 3.63) is 72.0 Å². The summed E-state index contributed by atoms with van der Waals surface area (Å²) in [4.78, 5) is 0. The molecular formula is C18H16FN. The van der Waals surface area contributed by atoms with Gasteiger partial charge < -0.3 is 5.32 Å². The van der Waals surface area contributed by atoms with E-state index in [1.54, 1.807) is 6.07 Å². The van der Waals surface area contributed by atoms with Gasteiger partial charge in [0.25, 0.3) is 0 Å². The van der Waals surface area contributed by atoms with Gasteiger partial charge in [-0.3, -0.25) is 0 Å². The molecule has 0 fully saturated rings. The van der Waals surface area contributed by atoms with Gasteiger partial charge in [0.05, 0.1) is 0 Å². The highest BCUT2D eigenvalue weighted by Gasteiger charge is 2.10. The minimum Gasteiger partial charge on any atom is -0.316 e. The average molecular weight is 265 g/mol. The van der Waals surface area contributed by atoms with Crippen molar-refractivity contribution in [2.75, 3.05) is 7.05 Å². The standard InChI is InChI=1S/C18H16FN/c1-20-12-13-6-2-3-7-14(13)16-10-11-18(19)17-9-5-4-8-15(16)17/h2-11,20H,12H2,1H3. The molecule has 0 bridgehead atoms. The number of halogens is 1. The molecule has 2 heteroatoms. The van der Waals surface area contributed by atoms with E-state index in [9.17, 15) is 4.39 Å². The summed E-state index contributed by atoms with van der Waals surface area (Å²) in [6, 6.07) is 19.3. The topological polar surface area (TPSA) is 12.0 Å². The van der Waals surface area contributed by atoms with Crippen LogP contribution in [0.15, 0.2) is 60.7 Å². The second-order valence-electron chi connectivity index (χ2n) is 4.83. The lowest BCUT2D eigenvalue weighted by Crippen LogP contribution is -2.06. The molecule has 0 aromatic heterocycles. The zero-order valence-electron chi connectivity index (χ0n) is 11.4. The van der Waals surface area contributed by atoms with Crippen LogP contribution >= 0.6 is 0 Å². The van der Waals surface area contributed by atoms with E-state index in [1.165, 1.54) is 5.56 Å². The molecule has 0 aliphatic carbocycles. The molecule has 0 aliphatic rings. The van der Waals surface area contributed by atoms with Crippen LogP contribution in [0.1, 0.15) is 5.56 Å². The largest absolute Gasteiger partial charge is 0.316 e. The Kier molecular flexibility index (Phi) is 3.48. The van der Waals surface area contributed by atoms with E-state index < -0.39 is 0 Å². The lowest BCUT2D eigenvalue weighted by Gasteiger charge is -2.12. The zero-order chi connectivity index (χ0) is 13.9. The lowest BCUT2D eigenvalue weighted by atomic mass is 9.94. The van der Waals surface area contributed by atoms with E-state index >= 15 is 0 Å². The van der Waals surface area contributed by atoms with Gasteiger partial charge in [-0.2, -0.15) is 0 Å². The Morgan fingerprint density at radius 3 is 2.30 bits per heavy atom. The predicted octanol–water partition coefficient (Wildman–Crippen LogP) is 4.37. The van der Waals surface area contributed by atoms with Gasteiger partial charge in [0.2, 0.25) is 0 Å². The number of rotatable bonds is 3. The number of hydrogen-bond acceptors (Lipinski definition) is 1. The summed E-state index contributed by atoms with van der Waals surface area (Å²) in [6.45, 7) is 0.794. The SMILES string of the molecule is CNCc1ccccc1-c1ccc(F)c2ccccc12. The molecule has 0 amide bonds. The fourth-order valence-electron chi connectivity index (χ4n) is 2.62. The van der Waals surface area contributed by atoms with E-state index in [4.69, 9.17) is 0 Å². The molecule has 0 heterocycles. The first-order chi connectivity index (χ1) is 9.81. The Balaban J connectivity index is 2.28. The van der Waals surface area contributed by atoms with Crippen molar-refractivity contribution in [1.29, 1.82) is 0 Å². The van der Waals surface area contributed by atoms with E-state index in [0.29, 0.717) is 5.39 Å². The first-order valence-electron chi connectivity index (χ1n) is 6.71. The maximum absolute atomic E-state index is 13.9. The van der Waals surface area contributed by atoms with Crippen molar-refractivity contribution in [3.63, 3.8) is 0 Å². The van der Waals surface area contributed by atoms with Crippen molar-refractivity contribution in [1.82, 2.24) is 5.32 Å². The first kappa shape index (κ1) is 12.8. The van der Waals surface area contributed by atoms with Crippen LogP contribution < -0.4 is 5.32 Å². The molecular weight excluding hydrogens is 249 g/mol. The second-order valence-corrected chi connectivity index (χ2v) is 4.83. The van der Waals surface area contributed by atoms with Crippen LogP contribution in [-0.2, 0) is 6.54 Å². The summed E-state index contributed by atoms with van der Waals surface area (Å²) in [7, 11) is 1.93. The smallest absolute Gasteiger partial charge is 0.131 e. The molecule has 0 saturated heterocycles. The van der Waals surface area contributed by atoms with E-state index in [1.807, 2.05) is 49.5 Å². The van der Waals surface area contributed by atoms with Crippen LogP contribution in [0.2, 0.25) is 0 Å². The fourth-order valence-corrected chi connectivity index (χ4v) is 2.62. The highest BCUT2D eigenvalue weighted by atomic mass is 19.1. The molecule has 0 aliphatic heterocycles. The summed E-state index contributed by atoms with van der Waals surface area (Å²) < 4.78 is 13.9. The molecule has 0 saturated carbocycles. The number of hydrogen-bond donors (Lipinski definition) is 1. The Labute approximate surface area is 118 Å². The van der Waals surface area contributed by atoms with E-state index in [-0.39, 0.29) is 5.82 Å². The van der Waals surface area contributed by atoms with Crippen molar-refractivity contribution < 1.29 is 4.39 Å². The lowest BCUT2D eigenvalue weighted by molar-refractivity contribution is 0.640. The highest BCUT2D eigenvalue weighted by molar-refractivity contribution is 5.97. The van der Waals surface area contributed by atoms with Crippen molar-refractivity contribution in [2.45, 2.75) is 6.54 Å². The Hall–Kier alpha value is -2.19. The van der Waals surface area contributed by atoms with Gasteiger partial charge >= 0.3 is 0 Å². The van der Waals surface area contributed by atoms with Gasteiger partial charge in [-0.25, -0.2) is 4.39 Å². The van der Waals surface area contributed by atoms with Gasteiger partial charge in [0.1, 0.15) is 5.82 Å². The molecule has 0 unspecified atom stereocenters. The maximum atomic E-state index is 13.9. The Morgan fingerprint density at radius 2 is 1.50 bits per heavy atom. The van der Waals surface area contributed by atoms with Gasteiger partial charge in [0, 0.05) is 11.9 Å². The zero-order valence-corrected chi connectivity index (χ0v) is 11.4. The van der Waals surface area contributed by atoms with Crippen LogP contribution in [0.4, 0.5) is 4.39 Å². The molecule has 3 aromatic rings. The van der Waals surface area contributed by atoms with Gasteiger partial charge in [0.15, 0.2) is 0 Å². The Morgan fingerprint density at radius 1 is 0.800 bits per heavy atom. The van der Waals surface area contributed by atoms with Crippen LogP contribution in [0.3, 0.4) is 0 Å². The van der Waals surface area contributed by atoms with Gasteiger partial charge in [-0.05, 0) is 35.2 Å². The third-order valence-corrected chi connectivity index (χ3v) is 3.55. The monoisotopic (exact) mass is 265 g/mol. The van der Waals surface area contributed by atoms with Crippen LogP contribution in [0, 0.1) is 5.82 Å². The molecule has 0 spiro atoms. The summed E-state index contributed by atoms with van der Waals surface area (Å²) in [5.41, 5.74) is 3.44. The van der Waals surface area contributed by atoms with Crippen LogP contribution in [-0.4, -0.2) is 7.05 Å². The average Bonchev–Trinajstić information content (AvgIpc) is 2.49. The number of benzene rings is 3. The minimum atomic E-state index is -0.171. The van der Waals surface area contributed by atoms with Crippen molar-refractivity contribution in [2.24, 2.45) is 0 Å². The summed E-state index contributed by atoms with van der Waals surface area (Å²) >= 11 is 0. The third-order valence-electron chi connectivity index (χ3n) is 3.55. The summed E-state index contributed by atoms with van der Waals surface area (Å²) in [6.07, 6.45) is 0. The molecule has 3 aromatic carbocycles. The molecule has 20 heavy (non-hydrogen) atoms. The second kappa shape index (κ2) is 5.43. The quantitative estimate of drug-likeness (QED) is 0.741. The van der Waals surface area contributed by atoms with E-state index in [0.717, 1.165) is 23.1 Å². The molecule has 0 atom stereocenters. The number of fused-ring (bicyclic) bond motifs is 1. The van der Waals surface area contributed by atoms with Crippen LogP contribution in [0.5, 0.6) is 0 Å².